The number of piperazine rings is 1. The molecule has 4 nitrogen and oxygen atoms in total. The van der Waals surface area contributed by atoms with Gasteiger partial charge in [-0.25, -0.2) is 0 Å². The van der Waals surface area contributed by atoms with Gasteiger partial charge in [0.1, 0.15) is 12.1 Å². The first-order chi connectivity index (χ1) is 9.62. The smallest absolute Gasteiger partial charge is 0.250 e. The quantitative estimate of drug-likeness (QED) is 0.867. The van der Waals surface area contributed by atoms with E-state index in [9.17, 15) is 9.59 Å². The number of carbonyl (C=O) groups is 2. The lowest BCUT2D eigenvalue weighted by Crippen LogP contribution is -2.66. The van der Waals surface area contributed by atoms with Gasteiger partial charge in [0.2, 0.25) is 5.91 Å². The molecule has 0 spiro atoms. The van der Waals surface area contributed by atoms with Crippen molar-refractivity contribution in [1.82, 2.24) is 5.32 Å². The summed E-state index contributed by atoms with van der Waals surface area (Å²) >= 11 is 6.24. The summed E-state index contributed by atoms with van der Waals surface area (Å²) in [7, 11) is 0. The Bertz CT molecular complexity index is 592. The van der Waals surface area contributed by atoms with Crippen molar-refractivity contribution in [1.29, 1.82) is 0 Å². The molecule has 2 rings (SSSR count). The third-order valence-corrected chi connectivity index (χ3v) is 4.08. The molecule has 1 fully saturated rings. The molecule has 1 aromatic carbocycles. The topological polar surface area (TPSA) is 49.4 Å². The molecule has 2 atom stereocenters. The lowest BCUT2D eigenvalue weighted by molar-refractivity contribution is -0.136. The molecule has 5 heteroatoms. The fraction of sp³-hybridized carbons (Fsp3) is 0.500. The number of halogens is 1. The number of benzene rings is 1. The van der Waals surface area contributed by atoms with Gasteiger partial charge in [0.15, 0.2) is 0 Å². The van der Waals surface area contributed by atoms with Gasteiger partial charge in [-0.2, -0.15) is 0 Å². The molecule has 0 bridgehead atoms. The van der Waals surface area contributed by atoms with E-state index < -0.39 is 12.1 Å². The minimum absolute atomic E-state index is 0.123. The van der Waals surface area contributed by atoms with E-state index in [0.717, 1.165) is 5.56 Å². The molecule has 1 aromatic rings. The van der Waals surface area contributed by atoms with Crippen LogP contribution in [0.2, 0.25) is 5.02 Å². The minimum Gasteiger partial charge on any atom is -0.342 e. The van der Waals surface area contributed by atoms with Crippen LogP contribution in [0, 0.1) is 12.3 Å². The maximum atomic E-state index is 12.8. The molecule has 0 aromatic heterocycles. The summed E-state index contributed by atoms with van der Waals surface area (Å²) in [5, 5.41) is 3.29. The van der Waals surface area contributed by atoms with Gasteiger partial charge in [0, 0.05) is 0 Å². The van der Waals surface area contributed by atoms with Crippen molar-refractivity contribution in [3.8, 4) is 0 Å². The highest BCUT2D eigenvalue weighted by Crippen LogP contribution is 2.33. The fourth-order valence-corrected chi connectivity index (χ4v) is 2.70. The summed E-state index contributed by atoms with van der Waals surface area (Å²) in [5.74, 6) is -0.283. The van der Waals surface area contributed by atoms with Crippen LogP contribution in [0.5, 0.6) is 0 Å². The lowest BCUT2D eigenvalue weighted by atomic mass is 9.84. The highest BCUT2D eigenvalue weighted by atomic mass is 35.5. The second-order valence-corrected chi connectivity index (χ2v) is 7.05. The van der Waals surface area contributed by atoms with E-state index in [4.69, 9.17) is 11.6 Å². The summed E-state index contributed by atoms with van der Waals surface area (Å²) in [5.41, 5.74) is 1.23. The van der Waals surface area contributed by atoms with Crippen LogP contribution in [-0.4, -0.2) is 23.9 Å². The van der Waals surface area contributed by atoms with E-state index >= 15 is 0 Å². The molecule has 1 aliphatic heterocycles. The van der Waals surface area contributed by atoms with Crippen molar-refractivity contribution in [2.24, 2.45) is 5.41 Å². The van der Waals surface area contributed by atoms with E-state index in [2.05, 4.69) is 5.32 Å². The number of amides is 2. The summed E-state index contributed by atoms with van der Waals surface area (Å²) in [6.07, 6.45) is 0. The van der Waals surface area contributed by atoms with Crippen LogP contribution in [-0.2, 0) is 9.59 Å². The first-order valence-corrected chi connectivity index (χ1v) is 7.40. The van der Waals surface area contributed by atoms with Crippen LogP contribution in [0.25, 0.3) is 0 Å². The summed E-state index contributed by atoms with van der Waals surface area (Å²) in [4.78, 5) is 26.6. The zero-order valence-electron chi connectivity index (χ0n) is 13.0. The fourth-order valence-electron chi connectivity index (χ4n) is 2.49. The molecule has 0 radical (unpaired) electrons. The number of aryl methyl sites for hydroxylation is 1. The van der Waals surface area contributed by atoms with Crippen LogP contribution in [0.3, 0.4) is 0 Å². The van der Waals surface area contributed by atoms with Crippen LogP contribution >= 0.6 is 11.6 Å². The number of hydrogen-bond acceptors (Lipinski definition) is 2. The van der Waals surface area contributed by atoms with Crippen molar-refractivity contribution >= 4 is 29.1 Å². The summed E-state index contributed by atoms with van der Waals surface area (Å²) in [6, 6.07) is 4.35. The molecule has 2 unspecified atom stereocenters. The molecule has 2 amide bonds. The van der Waals surface area contributed by atoms with Crippen LogP contribution < -0.4 is 10.2 Å². The predicted molar refractivity (Wildman–Crippen MR) is 84.5 cm³/mol. The highest BCUT2D eigenvalue weighted by Gasteiger charge is 2.44. The van der Waals surface area contributed by atoms with Crippen LogP contribution in [0.15, 0.2) is 18.2 Å². The third kappa shape index (κ3) is 2.91. The summed E-state index contributed by atoms with van der Waals surface area (Å²) in [6.45, 7) is 9.44. The van der Waals surface area contributed by atoms with Crippen LogP contribution in [0.1, 0.15) is 33.3 Å². The molecular formula is C16H21ClN2O2. The Morgan fingerprint density at radius 1 is 1.24 bits per heavy atom. The van der Waals surface area contributed by atoms with Gasteiger partial charge < -0.3 is 5.32 Å². The number of rotatable bonds is 1. The normalized spacial score (nSPS) is 23.2. The molecule has 114 valence electrons. The van der Waals surface area contributed by atoms with Gasteiger partial charge in [-0.15, -0.1) is 0 Å². The van der Waals surface area contributed by atoms with Gasteiger partial charge in [0.05, 0.1) is 10.7 Å². The highest BCUT2D eigenvalue weighted by molar-refractivity contribution is 6.34. The monoisotopic (exact) mass is 308 g/mol. The van der Waals surface area contributed by atoms with E-state index in [1.807, 2.05) is 39.8 Å². The van der Waals surface area contributed by atoms with Crippen molar-refractivity contribution in [2.75, 3.05) is 4.90 Å². The Hall–Kier alpha value is -1.55. The SMILES string of the molecule is Cc1ccc(Cl)c(N2C(=O)C(C(C)(C)C)NC(=O)C2C)c1. The van der Waals surface area contributed by atoms with Gasteiger partial charge >= 0.3 is 0 Å². The lowest BCUT2D eigenvalue weighted by Gasteiger charge is -2.42. The molecule has 1 aliphatic rings. The van der Waals surface area contributed by atoms with E-state index in [0.29, 0.717) is 10.7 Å². The van der Waals surface area contributed by atoms with E-state index in [1.165, 1.54) is 4.90 Å². The Labute approximate surface area is 130 Å². The maximum Gasteiger partial charge on any atom is 0.250 e. The van der Waals surface area contributed by atoms with Gasteiger partial charge in [-0.1, -0.05) is 38.4 Å². The van der Waals surface area contributed by atoms with E-state index in [-0.39, 0.29) is 17.2 Å². The van der Waals surface area contributed by atoms with E-state index in [1.54, 1.807) is 13.0 Å². The predicted octanol–water partition coefficient (Wildman–Crippen LogP) is 2.91. The van der Waals surface area contributed by atoms with Gasteiger partial charge in [-0.05, 0) is 37.0 Å². The standard InChI is InChI=1S/C16H21ClN2O2/c1-9-6-7-11(17)12(8-9)19-10(2)14(20)18-13(15(19)21)16(3,4)5/h6-8,10,13H,1-5H3,(H,18,20). The number of nitrogens with zero attached hydrogens (tertiary/aromatic N) is 1. The van der Waals surface area contributed by atoms with Gasteiger partial charge in [0.25, 0.3) is 5.91 Å². The Kier molecular flexibility index (Phi) is 4.02. The van der Waals surface area contributed by atoms with Crippen molar-refractivity contribution < 1.29 is 9.59 Å². The number of carbonyl (C=O) groups excluding carboxylic acids is 2. The molecule has 1 N–H and O–H groups in total. The Morgan fingerprint density at radius 2 is 1.86 bits per heavy atom. The summed E-state index contributed by atoms with van der Waals surface area (Å²) < 4.78 is 0. The molecular weight excluding hydrogens is 288 g/mol. The molecule has 1 saturated heterocycles. The minimum atomic E-state index is -0.574. The number of hydrogen-bond donors (Lipinski definition) is 1. The van der Waals surface area contributed by atoms with Crippen molar-refractivity contribution in [3.63, 3.8) is 0 Å². The second kappa shape index (κ2) is 5.34. The largest absolute Gasteiger partial charge is 0.342 e. The van der Waals surface area contributed by atoms with Crippen molar-refractivity contribution in [3.05, 3.63) is 28.8 Å². The first kappa shape index (κ1) is 15.8. The zero-order valence-corrected chi connectivity index (χ0v) is 13.8. The average molecular weight is 309 g/mol. The first-order valence-electron chi connectivity index (χ1n) is 7.02. The maximum absolute atomic E-state index is 12.8. The average Bonchev–Trinajstić information content (AvgIpc) is 2.36. The van der Waals surface area contributed by atoms with Gasteiger partial charge in [-0.3, -0.25) is 14.5 Å². The Morgan fingerprint density at radius 3 is 2.43 bits per heavy atom. The second-order valence-electron chi connectivity index (χ2n) is 6.65. The molecule has 0 saturated carbocycles. The molecule has 0 aliphatic carbocycles. The molecule has 21 heavy (non-hydrogen) atoms. The van der Waals surface area contributed by atoms with Crippen molar-refractivity contribution in [2.45, 2.75) is 46.7 Å². The third-order valence-electron chi connectivity index (χ3n) is 3.76. The van der Waals surface area contributed by atoms with Crippen LogP contribution in [0.4, 0.5) is 5.69 Å². The number of anilines is 1. The number of nitrogens with one attached hydrogen (secondary N) is 1. The Balaban J connectivity index is 2.51. The molecule has 1 heterocycles. The zero-order chi connectivity index (χ0) is 15.9.